The molecule has 0 radical (unpaired) electrons. The average molecular weight is 512 g/mol. The van der Waals surface area contributed by atoms with Gasteiger partial charge in [-0.3, -0.25) is 14.5 Å². The lowest BCUT2D eigenvalue weighted by Crippen LogP contribution is -2.27. The maximum Gasteiger partial charge on any atom is 0.293 e. The van der Waals surface area contributed by atoms with E-state index in [1.54, 1.807) is 18.2 Å². The molecule has 3 aromatic carbocycles. The van der Waals surface area contributed by atoms with Crippen LogP contribution in [0.15, 0.2) is 47.4 Å². The average Bonchev–Trinajstić information content (AvgIpc) is 3.40. The highest BCUT2D eigenvalue weighted by Crippen LogP contribution is 2.41. The van der Waals surface area contributed by atoms with E-state index in [-0.39, 0.29) is 18.6 Å². The fourth-order valence-corrected chi connectivity index (χ4v) is 5.04. The molecule has 0 spiro atoms. The minimum Gasteiger partial charge on any atom is -0.494 e. The van der Waals surface area contributed by atoms with Gasteiger partial charge < -0.3 is 18.9 Å². The third kappa shape index (κ3) is 4.51. The zero-order valence-electron chi connectivity index (χ0n) is 19.1. The zero-order valence-corrected chi connectivity index (χ0v) is 20.7. The molecule has 0 bridgehead atoms. The van der Waals surface area contributed by atoms with Crippen molar-refractivity contribution in [1.29, 1.82) is 0 Å². The van der Waals surface area contributed by atoms with Gasteiger partial charge in [0.2, 0.25) is 6.79 Å². The summed E-state index contributed by atoms with van der Waals surface area (Å²) >= 11 is 7.26. The molecule has 2 aliphatic heterocycles. The van der Waals surface area contributed by atoms with Crippen molar-refractivity contribution in [2.45, 2.75) is 20.4 Å². The SMILES string of the molecule is CCOc1ccc2ccc(OCC)c(/C=C3\SC(=O)N(Cc4cc5c(cc4Cl)OCO5)C3=O)c2c1. The van der Waals surface area contributed by atoms with Crippen LogP contribution in [0.1, 0.15) is 25.0 Å². The van der Waals surface area contributed by atoms with E-state index in [0.29, 0.717) is 51.7 Å². The number of carbonyl (C=O) groups excluding carboxylic acids is 2. The van der Waals surface area contributed by atoms with E-state index >= 15 is 0 Å². The molecule has 2 aliphatic rings. The van der Waals surface area contributed by atoms with Crippen LogP contribution in [0.2, 0.25) is 5.02 Å². The van der Waals surface area contributed by atoms with Crippen molar-refractivity contribution in [3.8, 4) is 23.0 Å². The van der Waals surface area contributed by atoms with Gasteiger partial charge in [-0.05, 0) is 72.3 Å². The Labute approximate surface area is 211 Å². The first kappa shape index (κ1) is 23.4. The number of fused-ring (bicyclic) bond motifs is 2. The summed E-state index contributed by atoms with van der Waals surface area (Å²) in [6, 6.07) is 12.9. The highest BCUT2D eigenvalue weighted by atomic mass is 35.5. The molecule has 5 rings (SSSR count). The van der Waals surface area contributed by atoms with Gasteiger partial charge in [-0.1, -0.05) is 23.7 Å². The summed E-state index contributed by atoms with van der Waals surface area (Å²) < 4.78 is 22.3. The van der Waals surface area contributed by atoms with Crippen LogP contribution in [0.3, 0.4) is 0 Å². The number of ether oxygens (including phenoxy) is 4. The normalized spacial score (nSPS) is 16.0. The molecule has 0 aromatic heterocycles. The van der Waals surface area contributed by atoms with Gasteiger partial charge in [0.25, 0.3) is 11.1 Å². The third-order valence-electron chi connectivity index (χ3n) is 5.62. The summed E-state index contributed by atoms with van der Waals surface area (Å²) in [4.78, 5) is 27.6. The fourth-order valence-electron chi connectivity index (χ4n) is 4.01. The number of benzene rings is 3. The molecule has 0 N–H and O–H groups in total. The Balaban J connectivity index is 1.51. The molecule has 35 heavy (non-hydrogen) atoms. The van der Waals surface area contributed by atoms with Gasteiger partial charge in [-0.2, -0.15) is 0 Å². The van der Waals surface area contributed by atoms with Gasteiger partial charge in [0.05, 0.1) is 24.7 Å². The summed E-state index contributed by atoms with van der Waals surface area (Å²) in [5, 5.41) is 1.86. The molecule has 1 saturated heterocycles. The molecular formula is C26H22ClNO6S. The molecule has 2 amide bonds. The van der Waals surface area contributed by atoms with Crippen LogP contribution in [0.4, 0.5) is 4.79 Å². The van der Waals surface area contributed by atoms with Crippen molar-refractivity contribution >= 4 is 51.4 Å². The molecule has 0 atom stereocenters. The fraction of sp³-hybridized carbons (Fsp3) is 0.231. The number of hydrogen-bond acceptors (Lipinski definition) is 7. The van der Waals surface area contributed by atoms with Crippen molar-refractivity contribution in [1.82, 2.24) is 4.90 Å². The maximum absolute atomic E-state index is 13.3. The minimum absolute atomic E-state index is 0.0276. The second-order valence-electron chi connectivity index (χ2n) is 7.79. The van der Waals surface area contributed by atoms with Crippen LogP contribution in [-0.2, 0) is 11.3 Å². The molecule has 0 aliphatic carbocycles. The highest BCUT2D eigenvalue weighted by molar-refractivity contribution is 8.18. The van der Waals surface area contributed by atoms with E-state index in [9.17, 15) is 9.59 Å². The number of imide groups is 1. The maximum atomic E-state index is 13.3. The van der Waals surface area contributed by atoms with Crippen LogP contribution in [-0.4, -0.2) is 36.1 Å². The number of amides is 2. The van der Waals surface area contributed by atoms with E-state index in [4.69, 9.17) is 30.5 Å². The summed E-state index contributed by atoms with van der Waals surface area (Å²) in [5.74, 6) is 2.02. The number of thioether (sulfide) groups is 1. The standard InChI is InChI=1S/C26H22ClNO6S/c1-3-31-17-7-5-15-6-8-21(32-4-2)19(18(15)10-17)11-24-25(29)28(26(30)35-24)13-16-9-22-23(12-20(16)27)34-14-33-22/h5-12H,3-4,13-14H2,1-2H3/b24-11-. The van der Waals surface area contributed by atoms with Gasteiger partial charge in [-0.15, -0.1) is 0 Å². The van der Waals surface area contributed by atoms with E-state index < -0.39 is 5.91 Å². The van der Waals surface area contributed by atoms with Gasteiger partial charge in [0.1, 0.15) is 11.5 Å². The molecule has 7 nitrogen and oxygen atoms in total. The van der Waals surface area contributed by atoms with Crippen molar-refractivity contribution in [3.63, 3.8) is 0 Å². The van der Waals surface area contributed by atoms with Gasteiger partial charge in [0, 0.05) is 16.7 Å². The first-order valence-electron chi connectivity index (χ1n) is 11.1. The molecular weight excluding hydrogens is 490 g/mol. The van der Waals surface area contributed by atoms with E-state index in [2.05, 4.69) is 0 Å². The Hall–Kier alpha value is -3.36. The molecule has 0 unspecified atom stereocenters. The summed E-state index contributed by atoms with van der Waals surface area (Å²) in [7, 11) is 0. The molecule has 180 valence electrons. The Bertz CT molecular complexity index is 1370. The lowest BCUT2D eigenvalue weighted by atomic mass is 10.0. The Morgan fingerprint density at radius 2 is 1.77 bits per heavy atom. The Morgan fingerprint density at radius 3 is 2.54 bits per heavy atom. The minimum atomic E-state index is -0.394. The summed E-state index contributed by atoms with van der Waals surface area (Å²) in [6.45, 7) is 4.95. The molecule has 2 heterocycles. The first-order valence-corrected chi connectivity index (χ1v) is 12.3. The van der Waals surface area contributed by atoms with Crippen molar-refractivity contribution < 1.29 is 28.5 Å². The number of carbonyl (C=O) groups is 2. The topological polar surface area (TPSA) is 74.3 Å². The van der Waals surface area contributed by atoms with E-state index in [1.165, 1.54) is 4.90 Å². The monoisotopic (exact) mass is 511 g/mol. The molecule has 9 heteroatoms. The largest absolute Gasteiger partial charge is 0.494 e. The number of halogens is 1. The number of nitrogens with zero attached hydrogens (tertiary/aromatic N) is 1. The van der Waals surface area contributed by atoms with Gasteiger partial charge in [0.15, 0.2) is 11.5 Å². The van der Waals surface area contributed by atoms with Crippen molar-refractivity contribution in [3.05, 3.63) is 63.5 Å². The van der Waals surface area contributed by atoms with Gasteiger partial charge in [-0.25, -0.2) is 0 Å². The lowest BCUT2D eigenvalue weighted by molar-refractivity contribution is -0.123. The predicted molar refractivity (Wildman–Crippen MR) is 135 cm³/mol. The summed E-state index contributed by atoms with van der Waals surface area (Å²) in [5.41, 5.74) is 1.32. The molecule has 0 saturated carbocycles. The van der Waals surface area contributed by atoms with Gasteiger partial charge >= 0.3 is 0 Å². The summed E-state index contributed by atoms with van der Waals surface area (Å²) in [6.07, 6.45) is 1.72. The van der Waals surface area contributed by atoms with Crippen LogP contribution >= 0.6 is 23.4 Å². The number of hydrogen-bond donors (Lipinski definition) is 0. The Morgan fingerprint density at radius 1 is 1.03 bits per heavy atom. The van der Waals surface area contributed by atoms with E-state index in [0.717, 1.165) is 28.1 Å². The van der Waals surface area contributed by atoms with Crippen LogP contribution < -0.4 is 18.9 Å². The predicted octanol–water partition coefficient (Wildman–Crippen LogP) is 6.26. The van der Waals surface area contributed by atoms with Crippen LogP contribution in [0, 0.1) is 0 Å². The van der Waals surface area contributed by atoms with Crippen molar-refractivity contribution in [2.24, 2.45) is 0 Å². The van der Waals surface area contributed by atoms with E-state index in [1.807, 2.05) is 44.2 Å². The Kier molecular flexibility index (Phi) is 6.49. The second kappa shape index (κ2) is 9.71. The lowest BCUT2D eigenvalue weighted by Gasteiger charge is -2.14. The third-order valence-corrected chi connectivity index (χ3v) is 6.88. The van der Waals surface area contributed by atoms with Crippen LogP contribution in [0.5, 0.6) is 23.0 Å². The van der Waals surface area contributed by atoms with Crippen LogP contribution in [0.25, 0.3) is 16.8 Å². The second-order valence-corrected chi connectivity index (χ2v) is 9.19. The quantitative estimate of drug-likeness (QED) is 0.347. The highest BCUT2D eigenvalue weighted by Gasteiger charge is 2.36. The molecule has 1 fully saturated rings. The smallest absolute Gasteiger partial charge is 0.293 e. The zero-order chi connectivity index (χ0) is 24.5. The first-order chi connectivity index (χ1) is 17.0. The molecule has 3 aromatic rings. The van der Waals surface area contributed by atoms with Crippen molar-refractivity contribution in [2.75, 3.05) is 20.0 Å². The number of rotatable bonds is 7.